The largest absolute Gasteiger partial charge is 0.465 e. The Bertz CT molecular complexity index is 717. The fourth-order valence-electron chi connectivity index (χ4n) is 2.39. The summed E-state index contributed by atoms with van der Waals surface area (Å²) >= 11 is 0. The predicted molar refractivity (Wildman–Crippen MR) is 89.4 cm³/mol. The van der Waals surface area contributed by atoms with E-state index >= 15 is 0 Å². The van der Waals surface area contributed by atoms with Gasteiger partial charge in [0.05, 0.1) is 0 Å². The quantitative estimate of drug-likeness (QED) is 0.887. The molecule has 2 N–H and O–H groups in total. The number of carboxylic acid groups (broad SMARTS) is 1. The zero-order chi connectivity index (χ0) is 17.0. The van der Waals surface area contributed by atoms with Gasteiger partial charge in [0.1, 0.15) is 0 Å². The van der Waals surface area contributed by atoms with Crippen LogP contribution in [0.15, 0.2) is 36.7 Å². The number of carbonyl (C=O) groups is 2. The van der Waals surface area contributed by atoms with Gasteiger partial charge in [-0.25, -0.2) is 4.79 Å². The van der Waals surface area contributed by atoms with Crippen molar-refractivity contribution in [3.8, 4) is 0 Å². The van der Waals surface area contributed by atoms with Crippen LogP contribution < -0.4 is 5.32 Å². The molecule has 0 radical (unpaired) electrons. The van der Waals surface area contributed by atoms with Gasteiger partial charge in [-0.15, -0.1) is 0 Å². The average molecular weight is 315 g/mol. The summed E-state index contributed by atoms with van der Waals surface area (Å²) < 4.78 is 0. The third-order valence-corrected chi connectivity index (χ3v) is 4.01. The summed E-state index contributed by atoms with van der Waals surface area (Å²) in [6.45, 7) is 3.59. The van der Waals surface area contributed by atoms with E-state index in [-0.39, 0.29) is 17.9 Å². The maximum absolute atomic E-state index is 12.3. The normalized spacial score (nSPS) is 13.3. The van der Waals surface area contributed by atoms with Gasteiger partial charge in [-0.05, 0) is 36.9 Å². The molecule has 122 valence electrons. The fourth-order valence-corrected chi connectivity index (χ4v) is 2.39. The number of nitrogens with one attached hydrogen (secondary N) is 1. The number of benzene rings is 1. The van der Waals surface area contributed by atoms with Crippen LogP contribution in [-0.4, -0.2) is 40.1 Å². The zero-order valence-electron chi connectivity index (χ0n) is 13.5. The van der Waals surface area contributed by atoms with Crippen molar-refractivity contribution in [3.05, 3.63) is 36.7 Å². The molecule has 6 nitrogen and oxygen atoms in total. The molecule has 2 amide bonds. The first-order valence-electron chi connectivity index (χ1n) is 7.49. The highest BCUT2D eigenvalue weighted by Crippen LogP contribution is 2.19. The van der Waals surface area contributed by atoms with Crippen molar-refractivity contribution in [1.29, 1.82) is 0 Å². The minimum atomic E-state index is -0.993. The Balaban J connectivity index is 2.00. The lowest BCUT2D eigenvalue weighted by molar-refractivity contribution is -0.119. The Hall–Kier alpha value is -2.63. The standard InChI is InChI=1S/C17H21N3O3/c1-11(8-12(2)20(3)17(22)23)16(21)19-15-5-4-13-6-7-18-10-14(13)9-15/h4-7,9-12H,8H2,1-3H3,(H,19,21)(H,22,23). The fraction of sp³-hybridized carbons (Fsp3) is 0.353. The van der Waals surface area contributed by atoms with Crippen LogP contribution in [0.5, 0.6) is 0 Å². The van der Waals surface area contributed by atoms with Crippen molar-refractivity contribution in [2.24, 2.45) is 5.92 Å². The lowest BCUT2D eigenvalue weighted by Crippen LogP contribution is -2.36. The molecule has 0 spiro atoms. The maximum Gasteiger partial charge on any atom is 0.407 e. The Morgan fingerprint density at radius 2 is 2.00 bits per heavy atom. The van der Waals surface area contributed by atoms with Crippen LogP contribution >= 0.6 is 0 Å². The molecule has 1 aromatic carbocycles. The van der Waals surface area contributed by atoms with E-state index in [9.17, 15) is 9.59 Å². The summed E-state index contributed by atoms with van der Waals surface area (Å²) in [5.41, 5.74) is 0.710. The first-order chi connectivity index (χ1) is 10.9. The van der Waals surface area contributed by atoms with Crippen LogP contribution in [0.3, 0.4) is 0 Å². The van der Waals surface area contributed by atoms with Crippen molar-refractivity contribution >= 4 is 28.5 Å². The molecule has 0 aliphatic rings. The van der Waals surface area contributed by atoms with E-state index in [2.05, 4.69) is 10.3 Å². The molecular weight excluding hydrogens is 294 g/mol. The number of anilines is 1. The number of fused-ring (bicyclic) bond motifs is 1. The van der Waals surface area contributed by atoms with Crippen LogP contribution in [0.4, 0.5) is 10.5 Å². The first kappa shape index (κ1) is 16.7. The summed E-state index contributed by atoms with van der Waals surface area (Å²) in [5.74, 6) is -0.421. The molecule has 6 heteroatoms. The van der Waals surface area contributed by atoms with Crippen LogP contribution in [-0.2, 0) is 4.79 Å². The molecule has 0 bridgehead atoms. The SMILES string of the molecule is CC(CC(C)N(C)C(=O)O)C(=O)Nc1ccc2ccncc2c1. The van der Waals surface area contributed by atoms with Crippen LogP contribution in [0.1, 0.15) is 20.3 Å². The van der Waals surface area contributed by atoms with Gasteiger partial charge in [-0.2, -0.15) is 0 Å². The highest BCUT2D eigenvalue weighted by Gasteiger charge is 2.21. The second-order valence-electron chi connectivity index (χ2n) is 5.81. The molecule has 1 aromatic heterocycles. The number of rotatable bonds is 5. The van der Waals surface area contributed by atoms with Gasteiger partial charge in [0, 0.05) is 42.5 Å². The number of pyridine rings is 1. The smallest absolute Gasteiger partial charge is 0.407 e. The second kappa shape index (κ2) is 7.09. The molecule has 0 aliphatic heterocycles. The van der Waals surface area contributed by atoms with Gasteiger partial charge in [-0.3, -0.25) is 9.78 Å². The highest BCUT2D eigenvalue weighted by molar-refractivity contribution is 5.95. The lowest BCUT2D eigenvalue weighted by Gasteiger charge is -2.24. The molecule has 23 heavy (non-hydrogen) atoms. The Morgan fingerprint density at radius 3 is 2.70 bits per heavy atom. The van der Waals surface area contributed by atoms with Gasteiger partial charge < -0.3 is 15.3 Å². The summed E-state index contributed by atoms with van der Waals surface area (Å²) in [6, 6.07) is 7.33. The minimum Gasteiger partial charge on any atom is -0.465 e. The number of amides is 2. The highest BCUT2D eigenvalue weighted by atomic mass is 16.4. The number of carbonyl (C=O) groups excluding carboxylic acids is 1. The zero-order valence-corrected chi connectivity index (χ0v) is 13.5. The van der Waals surface area contributed by atoms with Crippen molar-refractivity contribution in [1.82, 2.24) is 9.88 Å². The van der Waals surface area contributed by atoms with Crippen molar-refractivity contribution in [2.45, 2.75) is 26.3 Å². The van der Waals surface area contributed by atoms with Crippen molar-refractivity contribution < 1.29 is 14.7 Å². The summed E-state index contributed by atoms with van der Waals surface area (Å²) in [5, 5.41) is 13.8. The van der Waals surface area contributed by atoms with E-state index in [4.69, 9.17) is 5.11 Å². The number of aromatic nitrogens is 1. The maximum atomic E-state index is 12.3. The van der Waals surface area contributed by atoms with Crippen LogP contribution in [0.2, 0.25) is 0 Å². The minimum absolute atomic E-state index is 0.126. The van der Waals surface area contributed by atoms with E-state index in [0.29, 0.717) is 12.1 Å². The van der Waals surface area contributed by atoms with Gasteiger partial charge in [0.25, 0.3) is 0 Å². The number of nitrogens with zero attached hydrogens (tertiary/aromatic N) is 2. The molecule has 1 heterocycles. The summed E-state index contributed by atoms with van der Waals surface area (Å²) in [6.07, 6.45) is 2.94. The Morgan fingerprint density at radius 1 is 1.26 bits per heavy atom. The van der Waals surface area contributed by atoms with Gasteiger partial charge >= 0.3 is 6.09 Å². The monoisotopic (exact) mass is 315 g/mol. The Labute approximate surface area is 135 Å². The van der Waals surface area contributed by atoms with E-state index in [0.717, 1.165) is 10.8 Å². The van der Waals surface area contributed by atoms with Gasteiger partial charge in [0.15, 0.2) is 0 Å². The molecule has 2 atom stereocenters. The summed E-state index contributed by atoms with van der Waals surface area (Å²) in [4.78, 5) is 28.5. The molecule has 0 aliphatic carbocycles. The molecule has 2 unspecified atom stereocenters. The van der Waals surface area contributed by atoms with E-state index in [1.165, 1.54) is 11.9 Å². The van der Waals surface area contributed by atoms with Crippen LogP contribution in [0.25, 0.3) is 10.8 Å². The predicted octanol–water partition coefficient (Wildman–Crippen LogP) is 3.20. The lowest BCUT2D eigenvalue weighted by atomic mass is 10.0. The molecule has 2 rings (SSSR count). The van der Waals surface area contributed by atoms with E-state index in [1.807, 2.05) is 24.3 Å². The number of hydrogen-bond donors (Lipinski definition) is 2. The molecule has 0 saturated carbocycles. The molecule has 0 saturated heterocycles. The topological polar surface area (TPSA) is 82.5 Å². The van der Waals surface area contributed by atoms with Crippen molar-refractivity contribution in [3.63, 3.8) is 0 Å². The van der Waals surface area contributed by atoms with E-state index in [1.54, 1.807) is 26.2 Å². The molecule has 2 aromatic rings. The molecular formula is C17H21N3O3. The third kappa shape index (κ3) is 4.18. The van der Waals surface area contributed by atoms with Gasteiger partial charge in [0.2, 0.25) is 5.91 Å². The average Bonchev–Trinajstić information content (AvgIpc) is 2.53. The summed E-state index contributed by atoms with van der Waals surface area (Å²) in [7, 11) is 1.51. The number of hydrogen-bond acceptors (Lipinski definition) is 3. The van der Waals surface area contributed by atoms with Gasteiger partial charge in [-0.1, -0.05) is 13.0 Å². The third-order valence-electron chi connectivity index (χ3n) is 4.01. The van der Waals surface area contributed by atoms with Crippen molar-refractivity contribution in [2.75, 3.05) is 12.4 Å². The Kier molecular flexibility index (Phi) is 5.16. The van der Waals surface area contributed by atoms with E-state index < -0.39 is 6.09 Å². The second-order valence-corrected chi connectivity index (χ2v) is 5.81. The van der Waals surface area contributed by atoms with Crippen LogP contribution in [0, 0.1) is 5.92 Å². The first-order valence-corrected chi connectivity index (χ1v) is 7.49. The molecule has 0 fully saturated rings.